The van der Waals surface area contributed by atoms with Crippen LogP contribution < -0.4 is 11.3 Å². The molecule has 0 unspecified atom stereocenters. The van der Waals surface area contributed by atoms with Crippen LogP contribution in [0.4, 0.5) is 19.0 Å². The molecule has 3 rings (SSSR count). The van der Waals surface area contributed by atoms with E-state index in [0.29, 0.717) is 16.7 Å². The highest BCUT2D eigenvalue weighted by molar-refractivity contribution is 5.88. The second kappa shape index (κ2) is 6.25. The third-order valence-corrected chi connectivity index (χ3v) is 3.32. The molecule has 0 saturated carbocycles. The van der Waals surface area contributed by atoms with E-state index in [0.717, 1.165) is 0 Å². The molecule has 122 valence electrons. The first-order valence-corrected chi connectivity index (χ1v) is 6.92. The molecule has 8 heteroatoms. The third-order valence-electron chi connectivity index (χ3n) is 3.32. The van der Waals surface area contributed by atoms with Crippen molar-refractivity contribution in [3.63, 3.8) is 0 Å². The molecule has 0 spiro atoms. The van der Waals surface area contributed by atoms with Gasteiger partial charge in [-0.2, -0.15) is 13.2 Å². The molecular weight excluding hydrogens is 319 g/mol. The second-order valence-corrected chi connectivity index (χ2v) is 4.86. The van der Waals surface area contributed by atoms with Crippen LogP contribution in [-0.2, 0) is 6.18 Å². The fourth-order valence-electron chi connectivity index (χ4n) is 2.29. The van der Waals surface area contributed by atoms with E-state index in [9.17, 15) is 13.2 Å². The fourth-order valence-corrected chi connectivity index (χ4v) is 2.29. The molecule has 0 atom stereocenters. The van der Waals surface area contributed by atoms with Crippen molar-refractivity contribution in [2.75, 3.05) is 5.43 Å². The van der Waals surface area contributed by atoms with Crippen LogP contribution in [0, 0.1) is 0 Å². The van der Waals surface area contributed by atoms with Crippen molar-refractivity contribution in [2.24, 2.45) is 5.84 Å². The van der Waals surface area contributed by atoms with Gasteiger partial charge in [0.05, 0.1) is 11.3 Å². The van der Waals surface area contributed by atoms with Crippen LogP contribution in [-0.4, -0.2) is 15.0 Å². The maximum atomic E-state index is 13.1. The van der Waals surface area contributed by atoms with Crippen molar-refractivity contribution in [3.05, 3.63) is 60.7 Å². The number of hydrogen-bond donors (Lipinski definition) is 2. The number of alkyl halides is 3. The van der Waals surface area contributed by atoms with Gasteiger partial charge in [-0.25, -0.2) is 15.8 Å². The zero-order valence-corrected chi connectivity index (χ0v) is 12.2. The van der Waals surface area contributed by atoms with Gasteiger partial charge in [-0.1, -0.05) is 30.3 Å². The summed E-state index contributed by atoms with van der Waals surface area (Å²) in [5, 5.41) is 0. The van der Waals surface area contributed by atoms with E-state index in [1.165, 1.54) is 12.4 Å². The molecule has 0 saturated heterocycles. The van der Waals surface area contributed by atoms with Crippen LogP contribution in [0.3, 0.4) is 0 Å². The maximum Gasteiger partial charge on any atom is 0.451 e. The van der Waals surface area contributed by atoms with E-state index >= 15 is 0 Å². The predicted molar refractivity (Wildman–Crippen MR) is 83.5 cm³/mol. The van der Waals surface area contributed by atoms with Gasteiger partial charge in [0.2, 0.25) is 5.82 Å². The van der Waals surface area contributed by atoms with E-state index in [1.807, 2.05) is 0 Å². The lowest BCUT2D eigenvalue weighted by molar-refractivity contribution is -0.144. The minimum atomic E-state index is -4.69. The zero-order chi connectivity index (χ0) is 17.2. The first kappa shape index (κ1) is 15.9. The Morgan fingerprint density at radius 3 is 2.12 bits per heavy atom. The van der Waals surface area contributed by atoms with Crippen LogP contribution in [0.5, 0.6) is 0 Å². The Kier molecular flexibility index (Phi) is 4.13. The molecule has 2 heterocycles. The SMILES string of the molecule is NNc1nc(C(F)(F)F)nc(-c2ccncc2)c1-c1ccccc1. The lowest BCUT2D eigenvalue weighted by Crippen LogP contribution is -2.17. The van der Waals surface area contributed by atoms with E-state index in [-0.39, 0.29) is 11.5 Å². The van der Waals surface area contributed by atoms with Gasteiger partial charge in [-0.3, -0.25) is 4.98 Å². The number of aromatic nitrogens is 3. The molecule has 5 nitrogen and oxygen atoms in total. The summed E-state index contributed by atoms with van der Waals surface area (Å²) in [6.45, 7) is 0. The molecule has 2 aromatic heterocycles. The average Bonchev–Trinajstić information content (AvgIpc) is 2.61. The molecule has 1 aromatic carbocycles. The van der Waals surface area contributed by atoms with E-state index in [2.05, 4.69) is 20.4 Å². The molecular formula is C16H12F3N5. The summed E-state index contributed by atoms with van der Waals surface area (Å²) in [7, 11) is 0. The van der Waals surface area contributed by atoms with Crippen LogP contribution >= 0.6 is 0 Å². The molecule has 0 aliphatic rings. The Labute approximate surface area is 135 Å². The highest BCUT2D eigenvalue weighted by Gasteiger charge is 2.36. The number of nitrogens with one attached hydrogen (secondary N) is 1. The predicted octanol–water partition coefficient (Wildman–Crippen LogP) is 3.51. The quantitative estimate of drug-likeness (QED) is 0.567. The Morgan fingerprint density at radius 1 is 0.875 bits per heavy atom. The first-order valence-electron chi connectivity index (χ1n) is 6.92. The normalized spacial score (nSPS) is 11.3. The van der Waals surface area contributed by atoms with Crippen LogP contribution in [0.15, 0.2) is 54.9 Å². The van der Waals surface area contributed by atoms with Gasteiger partial charge in [0.15, 0.2) is 5.82 Å². The first-order chi connectivity index (χ1) is 11.5. The van der Waals surface area contributed by atoms with Gasteiger partial charge < -0.3 is 5.43 Å². The average molecular weight is 331 g/mol. The molecule has 0 radical (unpaired) electrons. The molecule has 3 aromatic rings. The summed E-state index contributed by atoms with van der Waals surface area (Å²) in [4.78, 5) is 11.2. The molecule has 0 aliphatic heterocycles. The fraction of sp³-hybridized carbons (Fsp3) is 0.0625. The van der Waals surface area contributed by atoms with Crippen molar-refractivity contribution >= 4 is 5.82 Å². The number of benzene rings is 1. The number of nitrogens with two attached hydrogens (primary N) is 1. The highest BCUT2D eigenvalue weighted by Crippen LogP contribution is 2.38. The lowest BCUT2D eigenvalue weighted by atomic mass is 10.00. The molecule has 0 fully saturated rings. The number of halogens is 3. The summed E-state index contributed by atoms with van der Waals surface area (Å²) in [5.74, 6) is 4.06. The number of anilines is 1. The lowest BCUT2D eigenvalue weighted by Gasteiger charge is -2.16. The number of hydrogen-bond acceptors (Lipinski definition) is 5. The zero-order valence-electron chi connectivity index (χ0n) is 12.2. The minimum Gasteiger partial charge on any atom is -0.308 e. The molecule has 0 amide bonds. The second-order valence-electron chi connectivity index (χ2n) is 4.86. The van der Waals surface area contributed by atoms with Crippen LogP contribution in [0.2, 0.25) is 0 Å². The van der Waals surface area contributed by atoms with Crippen molar-refractivity contribution < 1.29 is 13.2 Å². The van der Waals surface area contributed by atoms with Crippen molar-refractivity contribution in [1.82, 2.24) is 15.0 Å². The van der Waals surface area contributed by atoms with Gasteiger partial charge in [0.25, 0.3) is 0 Å². The van der Waals surface area contributed by atoms with Gasteiger partial charge in [0.1, 0.15) is 0 Å². The Hall–Kier alpha value is -3.00. The summed E-state index contributed by atoms with van der Waals surface area (Å²) >= 11 is 0. The summed E-state index contributed by atoms with van der Waals surface area (Å²) in [6, 6.07) is 12.0. The Bertz CT molecular complexity index is 836. The van der Waals surface area contributed by atoms with E-state index < -0.39 is 12.0 Å². The monoisotopic (exact) mass is 331 g/mol. The standard InChI is InChI=1S/C16H12F3N5/c17-16(18,19)15-22-13(11-6-8-21-9-7-11)12(14(23-15)24-20)10-4-2-1-3-5-10/h1-9H,20H2,(H,22,23,24). The van der Waals surface area contributed by atoms with Crippen LogP contribution in [0.1, 0.15) is 5.82 Å². The Balaban J connectivity index is 2.34. The highest BCUT2D eigenvalue weighted by atomic mass is 19.4. The van der Waals surface area contributed by atoms with E-state index in [1.54, 1.807) is 42.5 Å². The molecule has 24 heavy (non-hydrogen) atoms. The van der Waals surface area contributed by atoms with Gasteiger partial charge in [0, 0.05) is 18.0 Å². The minimum absolute atomic E-state index is 0.102. The summed E-state index contributed by atoms with van der Waals surface area (Å²) in [6.07, 6.45) is -1.73. The van der Waals surface area contributed by atoms with Crippen LogP contribution in [0.25, 0.3) is 22.4 Å². The summed E-state index contributed by atoms with van der Waals surface area (Å²) < 4.78 is 39.4. The van der Waals surface area contributed by atoms with Crippen molar-refractivity contribution in [3.8, 4) is 22.4 Å². The molecule has 3 N–H and O–H groups in total. The number of nitrogen functional groups attached to an aromatic ring is 1. The van der Waals surface area contributed by atoms with Crippen molar-refractivity contribution in [1.29, 1.82) is 0 Å². The maximum absolute atomic E-state index is 13.1. The Morgan fingerprint density at radius 2 is 1.54 bits per heavy atom. The van der Waals surface area contributed by atoms with Gasteiger partial charge >= 0.3 is 6.18 Å². The largest absolute Gasteiger partial charge is 0.451 e. The number of nitrogens with zero attached hydrogens (tertiary/aromatic N) is 3. The smallest absolute Gasteiger partial charge is 0.308 e. The number of rotatable bonds is 3. The topological polar surface area (TPSA) is 76.7 Å². The van der Waals surface area contributed by atoms with Gasteiger partial charge in [-0.05, 0) is 17.7 Å². The molecule has 0 bridgehead atoms. The van der Waals surface area contributed by atoms with E-state index in [4.69, 9.17) is 5.84 Å². The van der Waals surface area contributed by atoms with Crippen molar-refractivity contribution in [2.45, 2.75) is 6.18 Å². The number of pyridine rings is 1. The van der Waals surface area contributed by atoms with Gasteiger partial charge in [-0.15, -0.1) is 0 Å². The third kappa shape index (κ3) is 3.04. The molecule has 0 aliphatic carbocycles. The summed E-state index contributed by atoms with van der Waals surface area (Å²) in [5.41, 5.74) is 3.88. The number of hydrazine groups is 1.